The van der Waals surface area contributed by atoms with E-state index in [0.717, 1.165) is 26.2 Å². The molecule has 2 N–H and O–H groups in total. The highest BCUT2D eigenvalue weighted by Gasteiger charge is 2.22. The number of nitrogens with one attached hydrogen (secondary N) is 1. The Balaban J connectivity index is 0.00000200. The molecule has 1 saturated heterocycles. The minimum atomic E-state index is 0. The topological polar surface area (TPSA) is 35.5 Å². The van der Waals surface area contributed by atoms with Crippen LogP contribution in [0.2, 0.25) is 0 Å². The van der Waals surface area contributed by atoms with Crippen molar-refractivity contribution in [2.75, 3.05) is 32.8 Å². The van der Waals surface area contributed by atoms with Gasteiger partial charge >= 0.3 is 0 Å². The minimum absolute atomic E-state index is 0. The van der Waals surface area contributed by atoms with E-state index in [0.29, 0.717) is 0 Å². The predicted molar refractivity (Wildman–Crippen MR) is 86.7 cm³/mol. The summed E-state index contributed by atoms with van der Waals surface area (Å²) in [7, 11) is 0. The first-order valence-corrected chi connectivity index (χ1v) is 7.18. The van der Waals surface area contributed by atoms with Gasteiger partial charge in [0.25, 0.3) is 0 Å². The van der Waals surface area contributed by atoms with Crippen LogP contribution in [0.15, 0.2) is 24.3 Å². The van der Waals surface area contributed by atoms with Gasteiger partial charge in [-0.05, 0) is 16.5 Å². The zero-order valence-corrected chi connectivity index (χ0v) is 13.5. The lowest BCUT2D eigenvalue weighted by atomic mass is 9.86. The van der Waals surface area contributed by atoms with Gasteiger partial charge in [-0.1, -0.05) is 45.0 Å². The fourth-order valence-electron chi connectivity index (χ4n) is 2.63. The molecule has 0 aliphatic carbocycles. The third kappa shape index (κ3) is 4.19. The lowest BCUT2D eigenvalue weighted by Crippen LogP contribution is -2.46. The van der Waals surface area contributed by atoms with Crippen LogP contribution < -0.4 is 5.32 Å². The Kier molecular flexibility index (Phi) is 6.46. The van der Waals surface area contributed by atoms with Crippen LogP contribution in [0.1, 0.15) is 37.9 Å². The summed E-state index contributed by atoms with van der Waals surface area (Å²) >= 11 is 0. The number of aliphatic hydroxyl groups is 1. The molecule has 0 aromatic heterocycles. The summed E-state index contributed by atoms with van der Waals surface area (Å²) in [5.74, 6) is 0. The van der Waals surface area contributed by atoms with Crippen LogP contribution in [-0.2, 0) is 5.41 Å². The number of piperazine rings is 1. The van der Waals surface area contributed by atoms with E-state index in [-0.39, 0.29) is 30.5 Å². The van der Waals surface area contributed by atoms with Crippen LogP contribution in [0.25, 0.3) is 0 Å². The van der Waals surface area contributed by atoms with Crippen molar-refractivity contribution in [3.8, 4) is 0 Å². The third-order valence-electron chi connectivity index (χ3n) is 3.93. The van der Waals surface area contributed by atoms with Gasteiger partial charge in [0.2, 0.25) is 0 Å². The van der Waals surface area contributed by atoms with Crippen molar-refractivity contribution in [2.45, 2.75) is 32.2 Å². The number of aliphatic hydroxyl groups excluding tert-OH is 1. The second-order valence-corrected chi connectivity index (χ2v) is 6.36. The average molecular weight is 299 g/mol. The Bertz CT molecular complexity index is 394. The van der Waals surface area contributed by atoms with E-state index in [9.17, 15) is 5.11 Å². The van der Waals surface area contributed by atoms with Crippen LogP contribution in [-0.4, -0.2) is 42.8 Å². The number of benzene rings is 1. The monoisotopic (exact) mass is 298 g/mol. The van der Waals surface area contributed by atoms with Gasteiger partial charge in [0.05, 0.1) is 12.6 Å². The smallest absolute Gasteiger partial charge is 0.0628 e. The van der Waals surface area contributed by atoms with Crippen molar-refractivity contribution >= 4 is 12.4 Å². The third-order valence-corrected chi connectivity index (χ3v) is 3.93. The van der Waals surface area contributed by atoms with E-state index < -0.39 is 0 Å². The highest BCUT2D eigenvalue weighted by atomic mass is 35.5. The molecule has 1 aliphatic rings. The molecule has 1 aliphatic heterocycles. The van der Waals surface area contributed by atoms with Crippen molar-refractivity contribution in [2.24, 2.45) is 0 Å². The van der Waals surface area contributed by atoms with Crippen LogP contribution in [0.5, 0.6) is 0 Å². The van der Waals surface area contributed by atoms with Gasteiger partial charge in [-0.25, -0.2) is 0 Å². The molecule has 0 unspecified atom stereocenters. The first kappa shape index (κ1) is 17.4. The molecule has 114 valence electrons. The quantitative estimate of drug-likeness (QED) is 0.899. The fraction of sp³-hybridized carbons (Fsp3) is 0.625. The molecular weight excluding hydrogens is 272 g/mol. The molecule has 1 fully saturated rings. The summed E-state index contributed by atoms with van der Waals surface area (Å²) < 4.78 is 0. The molecule has 0 saturated carbocycles. The molecule has 1 aromatic carbocycles. The zero-order valence-electron chi connectivity index (χ0n) is 12.7. The Morgan fingerprint density at radius 1 is 1.15 bits per heavy atom. The zero-order chi connectivity index (χ0) is 13.9. The largest absolute Gasteiger partial charge is 0.394 e. The second kappa shape index (κ2) is 7.41. The maximum Gasteiger partial charge on any atom is 0.0628 e. The van der Waals surface area contributed by atoms with Crippen LogP contribution in [0.3, 0.4) is 0 Å². The first-order valence-electron chi connectivity index (χ1n) is 7.18. The molecule has 1 atom stereocenters. The molecule has 1 heterocycles. The maximum absolute atomic E-state index is 9.70. The molecule has 0 spiro atoms. The van der Waals surface area contributed by atoms with Crippen molar-refractivity contribution < 1.29 is 5.11 Å². The average Bonchev–Trinajstić information content (AvgIpc) is 2.40. The summed E-state index contributed by atoms with van der Waals surface area (Å²) in [4.78, 5) is 2.36. The van der Waals surface area contributed by atoms with E-state index in [1.807, 2.05) is 0 Å². The van der Waals surface area contributed by atoms with Crippen molar-refractivity contribution in [3.05, 3.63) is 35.4 Å². The van der Waals surface area contributed by atoms with Crippen molar-refractivity contribution in [1.29, 1.82) is 0 Å². The second-order valence-electron chi connectivity index (χ2n) is 6.36. The molecule has 3 nitrogen and oxygen atoms in total. The van der Waals surface area contributed by atoms with E-state index in [4.69, 9.17) is 0 Å². The predicted octanol–water partition coefficient (Wildman–Crippen LogP) is 2.34. The normalized spacial score (nSPS) is 18.4. The minimum Gasteiger partial charge on any atom is -0.394 e. The Labute approximate surface area is 128 Å². The van der Waals surface area contributed by atoms with Gasteiger partial charge in [-0.15, -0.1) is 12.4 Å². The van der Waals surface area contributed by atoms with Crippen molar-refractivity contribution in [3.63, 3.8) is 0 Å². The molecule has 2 rings (SSSR count). The molecular formula is C16H27ClN2O. The molecule has 0 radical (unpaired) electrons. The Morgan fingerprint density at radius 2 is 1.70 bits per heavy atom. The van der Waals surface area contributed by atoms with E-state index in [2.05, 4.69) is 55.3 Å². The molecule has 20 heavy (non-hydrogen) atoms. The Morgan fingerprint density at radius 3 is 2.15 bits per heavy atom. The number of rotatable bonds is 3. The van der Waals surface area contributed by atoms with Gasteiger partial charge in [0.15, 0.2) is 0 Å². The molecule has 1 aromatic rings. The van der Waals surface area contributed by atoms with E-state index in [1.165, 1.54) is 11.1 Å². The molecule has 0 bridgehead atoms. The van der Waals surface area contributed by atoms with Gasteiger partial charge in [-0.3, -0.25) is 4.90 Å². The molecule has 0 amide bonds. The summed E-state index contributed by atoms with van der Waals surface area (Å²) in [5.41, 5.74) is 2.74. The molecule has 4 heteroatoms. The number of hydrogen-bond donors (Lipinski definition) is 2. The lowest BCUT2D eigenvalue weighted by molar-refractivity contribution is 0.111. The van der Waals surface area contributed by atoms with E-state index >= 15 is 0 Å². The van der Waals surface area contributed by atoms with Crippen LogP contribution >= 0.6 is 12.4 Å². The highest BCUT2D eigenvalue weighted by Crippen LogP contribution is 2.26. The van der Waals surface area contributed by atoms with Crippen LogP contribution in [0, 0.1) is 0 Å². The van der Waals surface area contributed by atoms with Crippen LogP contribution in [0.4, 0.5) is 0 Å². The summed E-state index contributed by atoms with van der Waals surface area (Å²) in [6, 6.07) is 8.86. The van der Waals surface area contributed by atoms with Crippen molar-refractivity contribution in [1.82, 2.24) is 10.2 Å². The number of hydrogen-bond acceptors (Lipinski definition) is 3. The van der Waals surface area contributed by atoms with Gasteiger partial charge in [-0.2, -0.15) is 0 Å². The highest BCUT2D eigenvalue weighted by molar-refractivity contribution is 5.85. The lowest BCUT2D eigenvalue weighted by Gasteiger charge is -2.34. The Hall–Kier alpha value is -0.610. The first-order chi connectivity index (χ1) is 9.02. The van der Waals surface area contributed by atoms with Gasteiger partial charge in [0.1, 0.15) is 0 Å². The number of halogens is 1. The van der Waals surface area contributed by atoms with Gasteiger partial charge < -0.3 is 10.4 Å². The summed E-state index contributed by atoms with van der Waals surface area (Å²) in [6.45, 7) is 10.9. The summed E-state index contributed by atoms with van der Waals surface area (Å²) in [6.07, 6.45) is 0. The van der Waals surface area contributed by atoms with E-state index in [1.54, 1.807) is 0 Å². The van der Waals surface area contributed by atoms with Gasteiger partial charge in [0, 0.05) is 26.2 Å². The number of nitrogens with zero attached hydrogens (tertiary/aromatic N) is 1. The SMILES string of the molecule is CC(C)(C)c1ccc([C@@H](CO)N2CCNCC2)cc1.Cl. The fourth-order valence-corrected chi connectivity index (χ4v) is 2.63. The maximum atomic E-state index is 9.70. The standard InChI is InChI=1S/C16H26N2O.ClH/c1-16(2,3)14-6-4-13(5-7-14)15(12-19)18-10-8-17-9-11-18;/h4-7,15,17,19H,8-12H2,1-3H3;1H/t15-;/m1./s1. The summed E-state index contributed by atoms with van der Waals surface area (Å²) in [5, 5.41) is 13.0.